The third-order valence-corrected chi connectivity index (χ3v) is 3.17. The molecule has 0 N–H and O–H groups in total. The van der Waals surface area contributed by atoms with Crippen LogP contribution in [-0.4, -0.2) is 24.1 Å². The van der Waals surface area contributed by atoms with Gasteiger partial charge in [-0.25, -0.2) is 9.59 Å². The minimum absolute atomic E-state index is 0.161. The lowest BCUT2D eigenvalue weighted by Gasteiger charge is -2.18. The molecular formula is C14H17NO4. The molecule has 5 heteroatoms. The van der Waals surface area contributed by atoms with Crippen LogP contribution < -0.4 is 0 Å². The minimum atomic E-state index is -0.722. The van der Waals surface area contributed by atoms with Gasteiger partial charge in [0.15, 0.2) is 0 Å². The third kappa shape index (κ3) is 2.68. The van der Waals surface area contributed by atoms with Crippen LogP contribution in [0.5, 0.6) is 0 Å². The molecule has 0 bridgehead atoms. The normalized spacial score (nSPS) is 18.6. The topological polar surface area (TPSA) is 76.4 Å². The van der Waals surface area contributed by atoms with Crippen LogP contribution in [0, 0.1) is 11.3 Å². The van der Waals surface area contributed by atoms with Crippen molar-refractivity contribution in [2.45, 2.75) is 40.2 Å². The first-order valence-corrected chi connectivity index (χ1v) is 5.99. The summed E-state index contributed by atoms with van der Waals surface area (Å²) in [5, 5.41) is 9.07. The van der Waals surface area contributed by atoms with Gasteiger partial charge in [0.05, 0.1) is 12.2 Å². The zero-order valence-corrected chi connectivity index (χ0v) is 11.8. The Morgan fingerprint density at radius 3 is 2.42 bits per heavy atom. The van der Waals surface area contributed by atoms with Gasteiger partial charge in [-0.05, 0) is 45.8 Å². The maximum atomic E-state index is 11.9. The second kappa shape index (κ2) is 5.27. The zero-order valence-electron chi connectivity index (χ0n) is 11.8. The Bertz CT molecular complexity index is 532. The number of ether oxygens (including phenoxy) is 2. The van der Waals surface area contributed by atoms with Crippen LogP contribution in [-0.2, 0) is 19.1 Å². The summed E-state index contributed by atoms with van der Waals surface area (Å²) in [6, 6.07) is 1.79. The minimum Gasteiger partial charge on any atom is -0.462 e. The molecule has 1 heterocycles. The first kappa shape index (κ1) is 15.0. The van der Waals surface area contributed by atoms with Gasteiger partial charge in [-0.3, -0.25) is 0 Å². The highest BCUT2D eigenvalue weighted by Crippen LogP contribution is 2.36. The molecule has 5 nitrogen and oxygen atoms in total. The Hall–Kier alpha value is -2.09. The largest absolute Gasteiger partial charge is 0.462 e. The highest BCUT2D eigenvalue weighted by Gasteiger charge is 2.39. The van der Waals surface area contributed by atoms with Crippen molar-refractivity contribution in [3.63, 3.8) is 0 Å². The van der Waals surface area contributed by atoms with Crippen LogP contribution in [0.1, 0.15) is 34.6 Å². The molecular weight excluding hydrogens is 246 g/mol. The van der Waals surface area contributed by atoms with E-state index >= 15 is 0 Å². The summed E-state index contributed by atoms with van der Waals surface area (Å²) in [6.45, 7) is 8.65. The summed E-state index contributed by atoms with van der Waals surface area (Å²) >= 11 is 0. The van der Waals surface area contributed by atoms with Crippen LogP contribution in [0.4, 0.5) is 0 Å². The number of nitrogens with zero attached hydrogens (tertiary/aromatic N) is 1. The second-order valence-electron chi connectivity index (χ2n) is 4.73. The molecule has 102 valence electrons. The molecule has 0 saturated heterocycles. The van der Waals surface area contributed by atoms with Gasteiger partial charge in [-0.2, -0.15) is 5.26 Å². The number of carbonyl (C=O) groups excluding carboxylic acids is 2. The summed E-state index contributed by atoms with van der Waals surface area (Å²) in [6.07, 6.45) is 0. The molecule has 19 heavy (non-hydrogen) atoms. The van der Waals surface area contributed by atoms with Gasteiger partial charge in [0, 0.05) is 0 Å². The first-order valence-electron chi connectivity index (χ1n) is 5.99. The Balaban J connectivity index is 3.36. The van der Waals surface area contributed by atoms with Gasteiger partial charge in [0.25, 0.3) is 0 Å². The van der Waals surface area contributed by atoms with Crippen molar-refractivity contribution < 1.29 is 19.1 Å². The van der Waals surface area contributed by atoms with E-state index in [9.17, 15) is 9.59 Å². The smallest absolute Gasteiger partial charge is 0.349 e. The van der Waals surface area contributed by atoms with E-state index in [1.807, 2.05) is 0 Å². The number of carbonyl (C=O) groups is 2. The molecule has 1 aliphatic rings. The van der Waals surface area contributed by atoms with Crippen molar-refractivity contribution in [2.24, 2.45) is 0 Å². The lowest BCUT2D eigenvalue weighted by Crippen LogP contribution is -2.21. The summed E-state index contributed by atoms with van der Waals surface area (Å²) in [5.74, 6) is -1.24. The highest BCUT2D eigenvalue weighted by atomic mass is 16.6. The predicted molar refractivity (Wildman–Crippen MR) is 67.8 cm³/mol. The number of nitriles is 1. The van der Waals surface area contributed by atoms with Crippen LogP contribution in [0.15, 0.2) is 22.3 Å². The van der Waals surface area contributed by atoms with Crippen molar-refractivity contribution in [3.8, 4) is 6.07 Å². The molecule has 0 atom stereocenters. The van der Waals surface area contributed by atoms with Gasteiger partial charge in [0.1, 0.15) is 17.2 Å². The van der Waals surface area contributed by atoms with E-state index < -0.39 is 17.5 Å². The SMILES string of the molecule is CCOC(=O)/C(C#N)=C(\C)C1=C(C)C(C)(C)OC1=O. The lowest BCUT2D eigenvalue weighted by atomic mass is 9.92. The Labute approximate surface area is 112 Å². The third-order valence-electron chi connectivity index (χ3n) is 3.17. The average molecular weight is 263 g/mol. The Morgan fingerprint density at radius 1 is 1.47 bits per heavy atom. The molecule has 0 amide bonds. The van der Waals surface area contributed by atoms with E-state index in [0.717, 1.165) is 0 Å². The predicted octanol–water partition coefficient (Wildman–Crippen LogP) is 2.04. The fourth-order valence-electron chi connectivity index (χ4n) is 1.86. The highest BCUT2D eigenvalue weighted by molar-refractivity contribution is 6.02. The molecule has 0 saturated carbocycles. The summed E-state index contributed by atoms with van der Waals surface area (Å²) < 4.78 is 10.0. The van der Waals surface area contributed by atoms with Gasteiger partial charge >= 0.3 is 11.9 Å². The number of cyclic esters (lactones) is 1. The number of hydrogen-bond acceptors (Lipinski definition) is 5. The molecule has 1 rings (SSSR count). The molecule has 0 unspecified atom stereocenters. The van der Waals surface area contributed by atoms with Crippen molar-refractivity contribution in [2.75, 3.05) is 6.61 Å². The Kier molecular flexibility index (Phi) is 4.15. The van der Waals surface area contributed by atoms with Crippen molar-refractivity contribution in [3.05, 3.63) is 22.3 Å². The van der Waals surface area contributed by atoms with Crippen molar-refractivity contribution in [1.82, 2.24) is 0 Å². The summed E-state index contributed by atoms with van der Waals surface area (Å²) in [5.41, 5.74) is 0.407. The van der Waals surface area contributed by atoms with E-state index in [1.165, 1.54) is 0 Å². The number of rotatable bonds is 3. The van der Waals surface area contributed by atoms with E-state index in [2.05, 4.69) is 0 Å². The molecule has 1 aliphatic heterocycles. The zero-order chi connectivity index (χ0) is 14.8. The van der Waals surface area contributed by atoms with Gasteiger partial charge in [0.2, 0.25) is 0 Å². The quantitative estimate of drug-likeness (QED) is 0.442. The van der Waals surface area contributed by atoms with Crippen molar-refractivity contribution >= 4 is 11.9 Å². The van der Waals surface area contributed by atoms with E-state index in [4.69, 9.17) is 14.7 Å². The van der Waals surface area contributed by atoms with E-state index in [-0.39, 0.29) is 17.8 Å². The Morgan fingerprint density at radius 2 is 2.05 bits per heavy atom. The molecule has 0 radical (unpaired) electrons. The molecule has 0 aliphatic carbocycles. The summed E-state index contributed by atoms with van der Waals surface area (Å²) in [7, 11) is 0. The van der Waals surface area contributed by atoms with E-state index in [0.29, 0.717) is 11.1 Å². The fraction of sp³-hybridized carbons (Fsp3) is 0.500. The average Bonchev–Trinajstić information content (AvgIpc) is 2.49. The number of hydrogen-bond donors (Lipinski definition) is 0. The monoisotopic (exact) mass is 263 g/mol. The van der Waals surface area contributed by atoms with Crippen LogP contribution in [0.2, 0.25) is 0 Å². The second-order valence-corrected chi connectivity index (χ2v) is 4.73. The van der Waals surface area contributed by atoms with Crippen LogP contribution in [0.25, 0.3) is 0 Å². The molecule has 0 aromatic carbocycles. The lowest BCUT2D eigenvalue weighted by molar-refractivity contribution is -0.144. The van der Waals surface area contributed by atoms with E-state index in [1.54, 1.807) is 40.7 Å². The fourth-order valence-corrected chi connectivity index (χ4v) is 1.86. The molecule has 0 aromatic rings. The maximum Gasteiger partial charge on any atom is 0.349 e. The molecule has 0 fully saturated rings. The molecule has 0 aromatic heterocycles. The van der Waals surface area contributed by atoms with Gasteiger partial charge < -0.3 is 9.47 Å². The summed E-state index contributed by atoms with van der Waals surface area (Å²) in [4.78, 5) is 23.5. The van der Waals surface area contributed by atoms with Crippen molar-refractivity contribution in [1.29, 1.82) is 5.26 Å². The van der Waals surface area contributed by atoms with Gasteiger partial charge in [-0.15, -0.1) is 0 Å². The maximum absolute atomic E-state index is 11.9. The number of esters is 2. The standard InChI is InChI=1S/C14H17NO4/c1-6-18-12(16)10(7-15)8(2)11-9(3)14(4,5)19-13(11)17/h6H2,1-5H3/b10-8+. The van der Waals surface area contributed by atoms with Crippen LogP contribution in [0.3, 0.4) is 0 Å². The molecule has 0 spiro atoms. The van der Waals surface area contributed by atoms with Crippen LogP contribution >= 0.6 is 0 Å². The first-order chi connectivity index (χ1) is 8.76. The van der Waals surface area contributed by atoms with Gasteiger partial charge in [-0.1, -0.05) is 0 Å².